The van der Waals surface area contributed by atoms with Crippen molar-refractivity contribution in [1.29, 1.82) is 0 Å². The second kappa shape index (κ2) is 8.90. The molecule has 0 radical (unpaired) electrons. The van der Waals surface area contributed by atoms with Crippen LogP contribution in [0.4, 0.5) is 15.8 Å². The molecule has 0 saturated carbocycles. The molecule has 2 aliphatic rings. The van der Waals surface area contributed by atoms with Gasteiger partial charge in [0.1, 0.15) is 5.82 Å². The Bertz CT molecular complexity index is 1280. The van der Waals surface area contributed by atoms with Gasteiger partial charge >= 0.3 is 0 Å². The molecule has 1 aliphatic heterocycles. The van der Waals surface area contributed by atoms with Crippen LogP contribution in [0.1, 0.15) is 54.8 Å². The number of anilines is 2. The average molecular weight is 455 g/mol. The first kappa shape index (κ1) is 22.1. The number of carbonyl (C=O) groups is 2. The third-order valence-electron chi connectivity index (χ3n) is 6.79. The lowest BCUT2D eigenvalue weighted by Crippen LogP contribution is -2.38. The molecule has 1 heterocycles. The summed E-state index contributed by atoms with van der Waals surface area (Å²) >= 11 is 0. The third-order valence-corrected chi connectivity index (χ3v) is 6.79. The fourth-order valence-electron chi connectivity index (χ4n) is 5.07. The predicted molar refractivity (Wildman–Crippen MR) is 132 cm³/mol. The number of rotatable bonds is 3. The lowest BCUT2D eigenvalue weighted by Gasteiger charge is -2.35. The molecule has 0 aromatic heterocycles. The number of carbonyl (C=O) groups excluding carboxylic acids is 2. The number of ketones is 1. The first-order chi connectivity index (χ1) is 16.5. The lowest BCUT2D eigenvalue weighted by molar-refractivity contribution is -0.119. The Morgan fingerprint density at radius 1 is 0.971 bits per heavy atom. The number of nitrogens with zero attached hydrogens (tertiary/aromatic N) is 1. The van der Waals surface area contributed by atoms with Crippen molar-refractivity contribution in [2.24, 2.45) is 0 Å². The van der Waals surface area contributed by atoms with E-state index in [1.165, 1.54) is 17.7 Å². The highest BCUT2D eigenvalue weighted by atomic mass is 19.1. The summed E-state index contributed by atoms with van der Waals surface area (Å²) in [7, 11) is 0. The van der Waals surface area contributed by atoms with Crippen LogP contribution in [-0.4, -0.2) is 11.7 Å². The van der Waals surface area contributed by atoms with Crippen molar-refractivity contribution < 1.29 is 14.0 Å². The van der Waals surface area contributed by atoms with Crippen LogP contribution in [0.3, 0.4) is 0 Å². The first-order valence-corrected chi connectivity index (χ1v) is 11.7. The molecule has 0 bridgehead atoms. The summed E-state index contributed by atoms with van der Waals surface area (Å²) in [5, 5.41) is 3.51. The van der Waals surface area contributed by atoms with Crippen LogP contribution in [0.25, 0.3) is 0 Å². The monoisotopic (exact) mass is 454 g/mol. The minimum Gasteiger partial charge on any atom is -0.357 e. The van der Waals surface area contributed by atoms with Gasteiger partial charge in [-0.15, -0.1) is 0 Å². The number of fused-ring (bicyclic) bond motifs is 1. The van der Waals surface area contributed by atoms with Gasteiger partial charge in [-0.2, -0.15) is 0 Å². The molecule has 3 aromatic carbocycles. The number of benzene rings is 3. The molecule has 2 atom stereocenters. The Morgan fingerprint density at radius 3 is 2.35 bits per heavy atom. The Morgan fingerprint density at radius 2 is 1.65 bits per heavy atom. The van der Waals surface area contributed by atoms with Crippen molar-refractivity contribution in [3.05, 3.63) is 107 Å². The zero-order valence-electron chi connectivity index (χ0n) is 19.3. The molecule has 0 unspecified atom stereocenters. The van der Waals surface area contributed by atoms with Crippen LogP contribution in [0.2, 0.25) is 0 Å². The number of hydrogen-bond acceptors (Lipinski definition) is 3. The normalized spacial score (nSPS) is 19.7. The molecule has 3 aromatic rings. The van der Waals surface area contributed by atoms with E-state index >= 15 is 0 Å². The van der Waals surface area contributed by atoms with Crippen LogP contribution in [0, 0.1) is 12.7 Å². The number of hydrogen-bond donors (Lipinski definition) is 1. The number of aryl methyl sites for hydroxylation is 1. The van der Waals surface area contributed by atoms with Gasteiger partial charge < -0.3 is 5.32 Å². The lowest BCUT2D eigenvalue weighted by atomic mass is 9.78. The Kier molecular flexibility index (Phi) is 5.78. The van der Waals surface area contributed by atoms with Crippen LogP contribution < -0.4 is 10.2 Å². The zero-order chi connectivity index (χ0) is 23.8. The summed E-state index contributed by atoms with van der Waals surface area (Å²) in [5.41, 5.74) is 5.96. The molecule has 0 spiro atoms. The molecule has 5 heteroatoms. The summed E-state index contributed by atoms with van der Waals surface area (Å²) < 4.78 is 13.8. The predicted octanol–water partition coefficient (Wildman–Crippen LogP) is 6.44. The highest BCUT2D eigenvalue weighted by Crippen LogP contribution is 2.47. The minimum absolute atomic E-state index is 0.00959. The Labute approximate surface area is 199 Å². The molecule has 1 N–H and O–H groups in total. The summed E-state index contributed by atoms with van der Waals surface area (Å²) in [6, 6.07) is 21.5. The minimum atomic E-state index is -0.620. The number of Topliss-reactive ketones (excluding diaryl/α,β-unsaturated/α-hetero) is 1. The van der Waals surface area contributed by atoms with Crippen molar-refractivity contribution >= 4 is 23.1 Å². The Hall–Kier alpha value is -3.73. The molecule has 34 heavy (non-hydrogen) atoms. The van der Waals surface area contributed by atoms with E-state index in [-0.39, 0.29) is 29.8 Å². The van der Waals surface area contributed by atoms with Gasteiger partial charge in [0.05, 0.1) is 17.4 Å². The SMILES string of the molecule is CCC(=O)N1c2ccccc2NC2=C(C(=O)C[C@@H](c3ccc(C)cc3)C2)[C@H]1c1ccc(F)cc1. The van der Waals surface area contributed by atoms with Crippen LogP contribution >= 0.6 is 0 Å². The van der Waals surface area contributed by atoms with Gasteiger partial charge in [-0.05, 0) is 54.7 Å². The maximum Gasteiger partial charge on any atom is 0.227 e. The fraction of sp³-hybridized carbons (Fsp3) is 0.241. The first-order valence-electron chi connectivity index (χ1n) is 11.7. The number of nitrogens with one attached hydrogen (secondary N) is 1. The standard InChI is InChI=1S/C29H27FN2O2/c1-3-27(34)32-25-7-5-4-6-23(25)31-24-16-21(19-10-8-18(2)9-11-19)17-26(33)28(24)29(32)20-12-14-22(30)15-13-20/h4-15,21,29,31H,3,16-17H2,1-2H3/t21-,29+/m0/s1. The van der Waals surface area contributed by atoms with E-state index in [4.69, 9.17) is 0 Å². The highest BCUT2D eigenvalue weighted by molar-refractivity contribution is 6.06. The molecule has 4 nitrogen and oxygen atoms in total. The maximum absolute atomic E-state index is 13.8. The van der Waals surface area contributed by atoms with Gasteiger partial charge in [-0.1, -0.05) is 61.0 Å². The number of halogens is 1. The zero-order valence-corrected chi connectivity index (χ0v) is 19.3. The third kappa shape index (κ3) is 3.92. The van der Waals surface area contributed by atoms with Crippen molar-refractivity contribution in [2.45, 2.75) is 45.1 Å². The van der Waals surface area contributed by atoms with Crippen LogP contribution in [-0.2, 0) is 9.59 Å². The molecule has 1 amide bonds. The molecule has 0 fully saturated rings. The van der Waals surface area contributed by atoms with E-state index in [9.17, 15) is 14.0 Å². The van der Waals surface area contributed by atoms with E-state index in [2.05, 4.69) is 29.6 Å². The molecule has 0 saturated heterocycles. The second-order valence-electron chi connectivity index (χ2n) is 9.04. The highest BCUT2D eigenvalue weighted by Gasteiger charge is 2.41. The summed E-state index contributed by atoms with van der Waals surface area (Å²) in [5.74, 6) is -0.386. The van der Waals surface area contributed by atoms with E-state index in [1.807, 2.05) is 38.1 Å². The summed E-state index contributed by atoms with van der Waals surface area (Å²) in [6.07, 6.45) is 1.31. The molecule has 172 valence electrons. The van der Waals surface area contributed by atoms with Gasteiger partial charge in [0, 0.05) is 24.1 Å². The smallest absolute Gasteiger partial charge is 0.227 e. The van der Waals surface area contributed by atoms with Crippen molar-refractivity contribution in [1.82, 2.24) is 0 Å². The fourth-order valence-corrected chi connectivity index (χ4v) is 5.07. The van der Waals surface area contributed by atoms with Crippen molar-refractivity contribution in [3.63, 3.8) is 0 Å². The van der Waals surface area contributed by atoms with Gasteiger partial charge in [0.25, 0.3) is 0 Å². The van der Waals surface area contributed by atoms with Crippen LogP contribution in [0.15, 0.2) is 84.1 Å². The molecular weight excluding hydrogens is 427 g/mol. The van der Waals surface area contributed by atoms with E-state index in [0.29, 0.717) is 18.4 Å². The molecule has 5 rings (SSSR count). The number of allylic oxidation sites excluding steroid dienone is 1. The average Bonchev–Trinajstić information content (AvgIpc) is 2.99. The summed E-state index contributed by atoms with van der Waals surface area (Å²) in [6.45, 7) is 3.86. The van der Waals surface area contributed by atoms with Crippen molar-refractivity contribution in [2.75, 3.05) is 10.2 Å². The van der Waals surface area contributed by atoms with Crippen LogP contribution in [0.5, 0.6) is 0 Å². The van der Waals surface area contributed by atoms with Crippen molar-refractivity contribution in [3.8, 4) is 0 Å². The van der Waals surface area contributed by atoms with Gasteiger partial charge in [0.15, 0.2) is 5.78 Å². The molecular formula is C29H27FN2O2. The van der Waals surface area contributed by atoms with E-state index < -0.39 is 6.04 Å². The largest absolute Gasteiger partial charge is 0.357 e. The van der Waals surface area contributed by atoms with E-state index in [1.54, 1.807) is 17.0 Å². The topological polar surface area (TPSA) is 49.4 Å². The number of amides is 1. The van der Waals surface area contributed by atoms with Gasteiger partial charge in [0.2, 0.25) is 5.91 Å². The number of para-hydroxylation sites is 2. The van der Waals surface area contributed by atoms with E-state index in [0.717, 1.165) is 28.2 Å². The Balaban J connectivity index is 1.69. The van der Waals surface area contributed by atoms with Gasteiger partial charge in [-0.25, -0.2) is 4.39 Å². The summed E-state index contributed by atoms with van der Waals surface area (Å²) in [4.78, 5) is 28.8. The second-order valence-corrected chi connectivity index (χ2v) is 9.04. The van der Waals surface area contributed by atoms with Gasteiger partial charge in [-0.3, -0.25) is 14.5 Å². The molecule has 1 aliphatic carbocycles. The maximum atomic E-state index is 13.8. The quantitative estimate of drug-likeness (QED) is 0.495.